The normalized spacial score (nSPS) is 15.1. The molecule has 5 nitrogen and oxygen atoms in total. The number of hydrogen-bond acceptors (Lipinski definition) is 4. The molecule has 2 aromatic rings. The van der Waals surface area contributed by atoms with Gasteiger partial charge in [0.05, 0.1) is 23.5 Å². The Hall–Kier alpha value is -3.12. The number of halogens is 4. The second-order valence-corrected chi connectivity index (χ2v) is 6.60. The Morgan fingerprint density at radius 3 is 2.41 bits per heavy atom. The lowest BCUT2D eigenvalue weighted by molar-refractivity contribution is -0.137. The second-order valence-electron chi connectivity index (χ2n) is 6.60. The quantitative estimate of drug-likeness (QED) is 0.790. The second kappa shape index (κ2) is 8.49. The maximum Gasteiger partial charge on any atom is 0.418 e. The van der Waals surface area contributed by atoms with Crippen LogP contribution in [0.3, 0.4) is 0 Å². The fraction of sp³-hybridized carbons (Fsp3) is 0.300. The van der Waals surface area contributed by atoms with Crippen molar-refractivity contribution in [3.8, 4) is 6.07 Å². The standard InChI is InChI=1S/C20H18F4N4O/c21-16-5-3-7-18(14(16)12-25)28-10-8-27(9-11-28)13-19(29)26-17-6-2-1-4-15(17)20(22,23)24/h1-7H,8-11,13H2,(H,26,29). The zero-order chi connectivity index (χ0) is 21.0. The van der Waals surface area contributed by atoms with E-state index in [-0.39, 0.29) is 17.8 Å². The van der Waals surface area contributed by atoms with Gasteiger partial charge in [-0.15, -0.1) is 0 Å². The summed E-state index contributed by atoms with van der Waals surface area (Å²) in [5, 5.41) is 11.5. The summed E-state index contributed by atoms with van der Waals surface area (Å²) in [4.78, 5) is 15.9. The van der Waals surface area contributed by atoms with Crippen LogP contribution in [0.25, 0.3) is 0 Å². The van der Waals surface area contributed by atoms with Crippen molar-refractivity contribution in [2.45, 2.75) is 6.18 Å². The van der Waals surface area contributed by atoms with E-state index in [1.165, 1.54) is 30.3 Å². The van der Waals surface area contributed by atoms with Gasteiger partial charge in [-0.3, -0.25) is 9.69 Å². The molecule has 1 aliphatic heterocycles. The molecule has 0 atom stereocenters. The summed E-state index contributed by atoms with van der Waals surface area (Å²) in [6, 6.07) is 11.1. The van der Waals surface area contributed by atoms with Gasteiger partial charge in [0.25, 0.3) is 0 Å². The first kappa shape index (κ1) is 20.6. The Labute approximate surface area is 165 Å². The van der Waals surface area contributed by atoms with E-state index in [9.17, 15) is 22.4 Å². The number of rotatable bonds is 4. The summed E-state index contributed by atoms with van der Waals surface area (Å²) in [6.07, 6.45) is -4.56. The first-order chi connectivity index (χ1) is 13.8. The molecule has 29 heavy (non-hydrogen) atoms. The van der Waals surface area contributed by atoms with Crippen LogP contribution in [-0.2, 0) is 11.0 Å². The number of carbonyl (C=O) groups excluding carboxylic acids is 1. The lowest BCUT2D eigenvalue weighted by Gasteiger charge is -2.36. The van der Waals surface area contributed by atoms with Crippen LogP contribution < -0.4 is 10.2 Å². The van der Waals surface area contributed by atoms with Crippen molar-refractivity contribution < 1.29 is 22.4 Å². The number of hydrogen-bond donors (Lipinski definition) is 1. The Morgan fingerprint density at radius 1 is 1.07 bits per heavy atom. The average molecular weight is 406 g/mol. The van der Waals surface area contributed by atoms with Crippen LogP contribution >= 0.6 is 0 Å². The molecule has 1 N–H and O–H groups in total. The number of alkyl halides is 3. The molecule has 0 radical (unpaired) electrons. The van der Waals surface area contributed by atoms with E-state index in [1.54, 1.807) is 11.0 Å². The highest BCUT2D eigenvalue weighted by atomic mass is 19.4. The van der Waals surface area contributed by atoms with E-state index in [0.29, 0.717) is 31.9 Å². The Bertz CT molecular complexity index is 931. The maximum absolute atomic E-state index is 13.8. The first-order valence-electron chi connectivity index (χ1n) is 8.91. The Kier molecular flexibility index (Phi) is 6.03. The van der Waals surface area contributed by atoms with Crippen LogP contribution in [0.15, 0.2) is 42.5 Å². The third-order valence-electron chi connectivity index (χ3n) is 4.69. The number of nitriles is 1. The number of nitrogens with zero attached hydrogens (tertiary/aromatic N) is 3. The van der Waals surface area contributed by atoms with Crippen LogP contribution in [0.4, 0.5) is 28.9 Å². The smallest absolute Gasteiger partial charge is 0.368 e. The molecule has 0 spiro atoms. The van der Waals surface area contributed by atoms with E-state index in [0.717, 1.165) is 6.07 Å². The van der Waals surface area contributed by atoms with Crippen molar-refractivity contribution in [1.82, 2.24) is 4.90 Å². The predicted octanol–water partition coefficient (Wildman–Crippen LogP) is 3.48. The maximum atomic E-state index is 13.8. The minimum atomic E-state index is -4.56. The highest BCUT2D eigenvalue weighted by Crippen LogP contribution is 2.34. The molecular weight excluding hydrogens is 388 g/mol. The largest absolute Gasteiger partial charge is 0.418 e. The third-order valence-corrected chi connectivity index (χ3v) is 4.69. The lowest BCUT2D eigenvalue weighted by atomic mass is 10.1. The minimum Gasteiger partial charge on any atom is -0.368 e. The number of para-hydroxylation sites is 1. The number of carbonyl (C=O) groups is 1. The molecule has 0 unspecified atom stereocenters. The zero-order valence-electron chi connectivity index (χ0n) is 15.3. The highest BCUT2D eigenvalue weighted by molar-refractivity contribution is 5.93. The number of piperazine rings is 1. The van der Waals surface area contributed by atoms with E-state index >= 15 is 0 Å². The van der Waals surface area contributed by atoms with Gasteiger partial charge in [0.15, 0.2) is 0 Å². The van der Waals surface area contributed by atoms with Gasteiger partial charge >= 0.3 is 6.18 Å². The summed E-state index contributed by atoms with van der Waals surface area (Å²) in [7, 11) is 0. The van der Waals surface area contributed by atoms with Gasteiger partial charge in [-0.05, 0) is 24.3 Å². The van der Waals surface area contributed by atoms with Crippen LogP contribution in [-0.4, -0.2) is 43.5 Å². The van der Waals surface area contributed by atoms with E-state index < -0.39 is 23.5 Å². The molecule has 1 aliphatic rings. The number of amides is 1. The molecule has 0 bridgehead atoms. The van der Waals surface area contributed by atoms with E-state index in [2.05, 4.69) is 5.32 Å². The molecule has 0 aliphatic carbocycles. The number of nitrogens with one attached hydrogen (secondary N) is 1. The van der Waals surface area contributed by atoms with E-state index in [4.69, 9.17) is 5.26 Å². The van der Waals surface area contributed by atoms with Crippen molar-refractivity contribution in [3.63, 3.8) is 0 Å². The monoisotopic (exact) mass is 406 g/mol. The van der Waals surface area contributed by atoms with Gasteiger partial charge < -0.3 is 10.2 Å². The van der Waals surface area contributed by atoms with E-state index in [1.807, 2.05) is 11.0 Å². The SMILES string of the molecule is N#Cc1c(F)cccc1N1CCN(CC(=O)Nc2ccccc2C(F)(F)F)CC1. The van der Waals surface area contributed by atoms with Crippen molar-refractivity contribution in [2.24, 2.45) is 0 Å². The van der Waals surface area contributed by atoms with Crippen molar-refractivity contribution in [3.05, 3.63) is 59.4 Å². The van der Waals surface area contributed by atoms with Gasteiger partial charge in [-0.2, -0.15) is 18.4 Å². The van der Waals surface area contributed by atoms with Gasteiger partial charge in [0, 0.05) is 26.2 Å². The number of anilines is 2. The highest BCUT2D eigenvalue weighted by Gasteiger charge is 2.33. The molecular formula is C20H18F4N4O. The minimum absolute atomic E-state index is 0.0255. The summed E-state index contributed by atoms with van der Waals surface area (Å²) in [6.45, 7) is 1.77. The van der Waals surface area contributed by atoms with Gasteiger partial charge in [-0.1, -0.05) is 18.2 Å². The fourth-order valence-corrected chi connectivity index (χ4v) is 3.27. The molecule has 152 valence electrons. The molecule has 0 aromatic heterocycles. The Balaban J connectivity index is 1.59. The van der Waals surface area contributed by atoms with Crippen molar-refractivity contribution >= 4 is 17.3 Å². The molecule has 1 saturated heterocycles. The summed E-state index contributed by atoms with van der Waals surface area (Å²) >= 11 is 0. The number of benzene rings is 2. The molecule has 1 fully saturated rings. The average Bonchev–Trinajstić information content (AvgIpc) is 2.68. The molecule has 0 saturated carbocycles. The topological polar surface area (TPSA) is 59.4 Å². The van der Waals surface area contributed by atoms with Crippen molar-refractivity contribution in [2.75, 3.05) is 42.9 Å². The molecule has 1 heterocycles. The van der Waals surface area contributed by atoms with Crippen LogP contribution in [0, 0.1) is 17.1 Å². The van der Waals surface area contributed by atoms with Crippen LogP contribution in [0.2, 0.25) is 0 Å². The Morgan fingerprint density at radius 2 is 1.76 bits per heavy atom. The van der Waals surface area contributed by atoms with Crippen LogP contribution in [0.1, 0.15) is 11.1 Å². The van der Waals surface area contributed by atoms with Crippen LogP contribution in [0.5, 0.6) is 0 Å². The van der Waals surface area contributed by atoms with Gasteiger partial charge in [0.2, 0.25) is 5.91 Å². The predicted molar refractivity (Wildman–Crippen MR) is 99.8 cm³/mol. The summed E-state index contributed by atoms with van der Waals surface area (Å²) in [5.74, 6) is -1.13. The lowest BCUT2D eigenvalue weighted by Crippen LogP contribution is -2.49. The molecule has 1 amide bonds. The molecule has 3 rings (SSSR count). The van der Waals surface area contributed by atoms with Gasteiger partial charge in [0.1, 0.15) is 17.4 Å². The fourth-order valence-electron chi connectivity index (χ4n) is 3.27. The zero-order valence-corrected chi connectivity index (χ0v) is 15.3. The van der Waals surface area contributed by atoms with Gasteiger partial charge in [-0.25, -0.2) is 4.39 Å². The molecule has 9 heteroatoms. The first-order valence-corrected chi connectivity index (χ1v) is 8.91. The third kappa shape index (κ3) is 4.84. The van der Waals surface area contributed by atoms with Crippen molar-refractivity contribution in [1.29, 1.82) is 5.26 Å². The summed E-state index contributed by atoms with van der Waals surface area (Å²) in [5.41, 5.74) is -0.700. The summed E-state index contributed by atoms with van der Waals surface area (Å²) < 4.78 is 52.9. The molecule has 2 aromatic carbocycles.